The second kappa shape index (κ2) is 10.9. The first-order valence-corrected chi connectivity index (χ1v) is 12.4. The molecule has 0 aliphatic carbocycles. The van der Waals surface area contributed by atoms with Crippen molar-refractivity contribution in [3.63, 3.8) is 0 Å². The average molecular weight is 496 g/mol. The highest BCUT2D eigenvalue weighted by Gasteiger charge is 2.45. The van der Waals surface area contributed by atoms with Crippen LogP contribution in [-0.4, -0.2) is 81.7 Å². The Bertz CT molecular complexity index is 1060. The number of nitrogens with one attached hydrogen (secondary N) is 1. The Morgan fingerprint density at radius 2 is 1.56 bits per heavy atom. The third kappa shape index (κ3) is 5.53. The SMILES string of the molecule is O=C(O)CCc1ccc(-c2ccc(OCCCCC(=O)NO)c(C3N4CN5CN(C4)CN3C5)c2)cc1. The molecule has 4 fully saturated rings. The first-order chi connectivity index (χ1) is 17.5. The molecule has 36 heavy (non-hydrogen) atoms. The summed E-state index contributed by atoms with van der Waals surface area (Å²) in [7, 11) is 0. The van der Waals surface area contributed by atoms with E-state index in [-0.39, 0.29) is 24.9 Å². The van der Waals surface area contributed by atoms with E-state index in [4.69, 9.17) is 15.1 Å². The van der Waals surface area contributed by atoms with E-state index in [0.29, 0.717) is 25.9 Å². The number of hydroxylamine groups is 1. The Kier molecular flexibility index (Phi) is 7.49. The van der Waals surface area contributed by atoms with Crippen molar-refractivity contribution in [2.24, 2.45) is 0 Å². The Morgan fingerprint density at radius 1 is 0.889 bits per heavy atom. The van der Waals surface area contributed by atoms with Crippen LogP contribution in [-0.2, 0) is 16.0 Å². The lowest BCUT2D eigenvalue weighted by molar-refractivity contribution is -0.233. The second-order valence-corrected chi connectivity index (χ2v) is 9.78. The molecule has 4 heterocycles. The molecule has 1 amide bonds. The molecule has 0 unspecified atom stereocenters. The van der Waals surface area contributed by atoms with E-state index in [0.717, 1.165) is 61.3 Å². The first kappa shape index (κ1) is 24.7. The lowest BCUT2D eigenvalue weighted by Crippen LogP contribution is -2.72. The van der Waals surface area contributed by atoms with Gasteiger partial charge in [0.05, 0.1) is 46.1 Å². The number of carbonyl (C=O) groups is 2. The summed E-state index contributed by atoms with van der Waals surface area (Å²) in [5, 5.41) is 17.6. The fourth-order valence-electron chi connectivity index (χ4n) is 5.40. The predicted molar refractivity (Wildman–Crippen MR) is 132 cm³/mol. The molecule has 0 spiro atoms. The minimum absolute atomic E-state index is 0.127. The minimum atomic E-state index is -0.788. The van der Waals surface area contributed by atoms with Gasteiger partial charge < -0.3 is 9.84 Å². The number of rotatable bonds is 11. The van der Waals surface area contributed by atoms with E-state index in [2.05, 4.69) is 43.9 Å². The Hall–Kier alpha value is -3.02. The van der Waals surface area contributed by atoms with Crippen LogP contribution >= 0.6 is 0 Å². The lowest BCUT2D eigenvalue weighted by atomic mass is 9.97. The van der Waals surface area contributed by atoms with Gasteiger partial charge in [0.1, 0.15) is 5.75 Å². The van der Waals surface area contributed by atoms with Crippen LogP contribution in [0.5, 0.6) is 5.75 Å². The number of aliphatic carboxylic acids is 1. The van der Waals surface area contributed by atoms with Gasteiger partial charge in [0.15, 0.2) is 0 Å². The van der Waals surface area contributed by atoms with Crippen molar-refractivity contribution in [2.75, 3.05) is 40.0 Å². The number of hydrogen-bond acceptors (Lipinski definition) is 8. The molecule has 3 N–H and O–H groups in total. The van der Waals surface area contributed by atoms with Gasteiger partial charge in [-0.1, -0.05) is 30.3 Å². The van der Waals surface area contributed by atoms with Crippen molar-refractivity contribution in [1.82, 2.24) is 25.1 Å². The van der Waals surface area contributed by atoms with Gasteiger partial charge in [0.25, 0.3) is 0 Å². The maximum atomic E-state index is 11.3. The number of carboxylic acids is 1. The van der Waals surface area contributed by atoms with Gasteiger partial charge in [-0.25, -0.2) is 5.48 Å². The fraction of sp³-hybridized carbons (Fsp3) is 0.462. The summed E-state index contributed by atoms with van der Waals surface area (Å²) in [6, 6.07) is 14.4. The van der Waals surface area contributed by atoms with Crippen LogP contribution in [0.25, 0.3) is 11.1 Å². The molecular weight excluding hydrogens is 462 g/mol. The number of ether oxygens (including phenoxy) is 1. The van der Waals surface area contributed by atoms with Crippen molar-refractivity contribution in [3.05, 3.63) is 53.6 Å². The maximum Gasteiger partial charge on any atom is 0.303 e. The van der Waals surface area contributed by atoms with Gasteiger partial charge >= 0.3 is 5.97 Å². The summed E-state index contributed by atoms with van der Waals surface area (Å²) < 4.78 is 6.24. The number of amides is 1. The van der Waals surface area contributed by atoms with Crippen LogP contribution in [0, 0.1) is 0 Å². The summed E-state index contributed by atoms with van der Waals surface area (Å²) in [6.45, 7) is 5.21. The predicted octanol–water partition coefficient (Wildman–Crippen LogP) is 2.46. The summed E-state index contributed by atoms with van der Waals surface area (Å²) in [5.74, 6) is -0.316. The zero-order chi connectivity index (χ0) is 25.1. The van der Waals surface area contributed by atoms with Gasteiger partial charge in [0.2, 0.25) is 5.91 Å². The molecular formula is C26H33N5O5. The molecule has 2 aromatic rings. The Balaban J connectivity index is 1.36. The number of benzene rings is 2. The molecule has 0 radical (unpaired) electrons. The molecule has 0 saturated carbocycles. The minimum Gasteiger partial charge on any atom is -0.493 e. The van der Waals surface area contributed by atoms with Crippen LogP contribution < -0.4 is 10.2 Å². The monoisotopic (exact) mass is 495 g/mol. The topological polar surface area (TPSA) is 109 Å². The molecule has 0 atom stereocenters. The number of nitrogens with zero attached hydrogens (tertiary/aromatic N) is 4. The number of unbranched alkanes of at least 4 members (excludes halogenated alkanes) is 1. The van der Waals surface area contributed by atoms with E-state index in [1.165, 1.54) is 0 Å². The van der Waals surface area contributed by atoms with E-state index in [1.54, 1.807) is 5.48 Å². The summed E-state index contributed by atoms with van der Waals surface area (Å²) >= 11 is 0. The van der Waals surface area contributed by atoms with Crippen LogP contribution in [0.4, 0.5) is 0 Å². The highest BCUT2D eigenvalue weighted by Crippen LogP contribution is 2.41. The van der Waals surface area contributed by atoms with Crippen molar-refractivity contribution in [2.45, 2.75) is 38.3 Å². The van der Waals surface area contributed by atoms with Crippen molar-refractivity contribution >= 4 is 11.9 Å². The van der Waals surface area contributed by atoms with Gasteiger partial charge in [-0.2, -0.15) is 0 Å². The highest BCUT2D eigenvalue weighted by molar-refractivity contribution is 5.74. The fourth-order valence-corrected chi connectivity index (χ4v) is 5.40. The molecule has 6 rings (SSSR count). The molecule has 192 valence electrons. The molecule has 4 aliphatic rings. The quantitative estimate of drug-likeness (QED) is 0.246. The zero-order valence-corrected chi connectivity index (χ0v) is 20.3. The number of carbonyl (C=O) groups excluding carboxylic acids is 1. The maximum absolute atomic E-state index is 11.3. The first-order valence-electron chi connectivity index (χ1n) is 12.4. The molecule has 4 bridgehead atoms. The van der Waals surface area contributed by atoms with Crippen LogP contribution in [0.2, 0.25) is 0 Å². The largest absolute Gasteiger partial charge is 0.493 e. The average Bonchev–Trinajstić information content (AvgIpc) is 2.87. The van der Waals surface area contributed by atoms with Gasteiger partial charge in [-0.3, -0.25) is 34.4 Å². The van der Waals surface area contributed by atoms with Gasteiger partial charge in [-0.05, 0) is 48.1 Å². The van der Waals surface area contributed by atoms with Crippen molar-refractivity contribution in [1.29, 1.82) is 0 Å². The highest BCUT2D eigenvalue weighted by atomic mass is 16.5. The van der Waals surface area contributed by atoms with E-state index >= 15 is 0 Å². The molecule has 10 heteroatoms. The molecule has 0 aromatic heterocycles. The number of hydrogen-bond donors (Lipinski definition) is 3. The van der Waals surface area contributed by atoms with Crippen LogP contribution in [0.15, 0.2) is 42.5 Å². The molecule has 10 nitrogen and oxygen atoms in total. The Morgan fingerprint density at radius 3 is 2.19 bits per heavy atom. The van der Waals surface area contributed by atoms with E-state index < -0.39 is 5.97 Å². The van der Waals surface area contributed by atoms with Crippen molar-refractivity contribution < 1.29 is 24.6 Å². The van der Waals surface area contributed by atoms with Gasteiger partial charge in [-0.15, -0.1) is 0 Å². The van der Waals surface area contributed by atoms with Crippen LogP contribution in [0.1, 0.15) is 43.0 Å². The zero-order valence-electron chi connectivity index (χ0n) is 20.3. The van der Waals surface area contributed by atoms with Crippen LogP contribution in [0.3, 0.4) is 0 Å². The summed E-state index contributed by atoms with van der Waals surface area (Å²) in [6.07, 6.45) is 2.40. The standard InChI is InChI=1S/C26H33N5O5/c32-24(27-35)3-1-2-12-36-23-10-9-21(20-7-4-19(5-8-20)6-11-25(33)34)13-22(23)26-30-15-28-14-29(17-30)18-31(26)16-28/h4-5,7-10,13,26,35H,1-3,6,11-12,14-18H2,(H,27,32)(H,33,34). The smallest absolute Gasteiger partial charge is 0.303 e. The summed E-state index contributed by atoms with van der Waals surface area (Å²) in [5.41, 5.74) is 5.99. The normalized spacial score (nSPS) is 26.1. The van der Waals surface area contributed by atoms with E-state index in [1.807, 2.05) is 18.2 Å². The van der Waals surface area contributed by atoms with E-state index in [9.17, 15) is 9.59 Å². The molecule has 2 aromatic carbocycles. The lowest BCUT2D eigenvalue weighted by Gasteiger charge is -2.60. The third-order valence-electron chi connectivity index (χ3n) is 7.00. The third-order valence-corrected chi connectivity index (χ3v) is 7.00. The molecule has 4 saturated heterocycles. The van der Waals surface area contributed by atoms with Gasteiger partial charge in [0, 0.05) is 18.4 Å². The second-order valence-electron chi connectivity index (χ2n) is 9.78. The summed E-state index contributed by atoms with van der Waals surface area (Å²) in [4.78, 5) is 31.9. The number of carboxylic acid groups (broad SMARTS) is 1. The Labute approximate surface area is 210 Å². The van der Waals surface area contributed by atoms with Crippen molar-refractivity contribution in [3.8, 4) is 16.9 Å². The molecule has 4 aliphatic heterocycles. The number of aryl methyl sites for hydroxylation is 1.